The van der Waals surface area contributed by atoms with Crippen molar-refractivity contribution in [3.05, 3.63) is 29.8 Å². The molecule has 0 aromatic heterocycles. The molecular formula is C14H19N3O. The summed E-state index contributed by atoms with van der Waals surface area (Å²) < 4.78 is 0. The number of carbonyl (C=O) groups excluding carboxylic acids is 1. The number of benzene rings is 1. The Morgan fingerprint density at radius 2 is 2.17 bits per heavy atom. The van der Waals surface area contributed by atoms with Crippen molar-refractivity contribution in [1.82, 2.24) is 4.90 Å². The van der Waals surface area contributed by atoms with Gasteiger partial charge in [0, 0.05) is 23.8 Å². The van der Waals surface area contributed by atoms with Gasteiger partial charge in [-0.05, 0) is 25.5 Å². The van der Waals surface area contributed by atoms with Crippen molar-refractivity contribution in [3.63, 3.8) is 0 Å². The van der Waals surface area contributed by atoms with Crippen LogP contribution in [0.3, 0.4) is 0 Å². The molecule has 2 aliphatic rings. The van der Waals surface area contributed by atoms with Gasteiger partial charge in [-0.3, -0.25) is 9.69 Å². The first-order valence-electron chi connectivity index (χ1n) is 6.67. The molecule has 2 unspecified atom stereocenters. The third-order valence-electron chi connectivity index (χ3n) is 4.04. The predicted octanol–water partition coefficient (Wildman–Crippen LogP) is 1.49. The van der Waals surface area contributed by atoms with E-state index in [2.05, 4.69) is 10.2 Å². The molecule has 1 aromatic carbocycles. The Morgan fingerprint density at radius 1 is 1.33 bits per heavy atom. The fourth-order valence-corrected chi connectivity index (χ4v) is 3.14. The molecule has 2 aliphatic heterocycles. The lowest BCUT2D eigenvalue weighted by molar-refractivity contribution is -0.122. The number of nitrogens with two attached hydrogens (primary N) is 1. The van der Waals surface area contributed by atoms with Gasteiger partial charge in [-0.15, -0.1) is 0 Å². The molecule has 18 heavy (non-hydrogen) atoms. The highest BCUT2D eigenvalue weighted by atomic mass is 16.2. The van der Waals surface area contributed by atoms with E-state index in [4.69, 9.17) is 5.73 Å². The van der Waals surface area contributed by atoms with E-state index >= 15 is 0 Å². The summed E-state index contributed by atoms with van der Waals surface area (Å²) >= 11 is 0. The molecule has 1 aromatic rings. The van der Waals surface area contributed by atoms with Crippen molar-refractivity contribution in [3.8, 4) is 0 Å². The lowest BCUT2D eigenvalue weighted by Crippen LogP contribution is -2.47. The van der Waals surface area contributed by atoms with E-state index in [1.807, 2.05) is 24.3 Å². The number of fused-ring (bicyclic) bond motifs is 1. The molecule has 0 spiro atoms. The van der Waals surface area contributed by atoms with Crippen LogP contribution in [0.25, 0.3) is 0 Å². The first-order valence-corrected chi connectivity index (χ1v) is 6.67. The second kappa shape index (κ2) is 4.71. The highest BCUT2D eigenvalue weighted by Crippen LogP contribution is 2.37. The number of hydrogen-bond donors (Lipinski definition) is 2. The third-order valence-corrected chi connectivity index (χ3v) is 4.04. The van der Waals surface area contributed by atoms with E-state index in [0.29, 0.717) is 12.6 Å². The second-order valence-electron chi connectivity index (χ2n) is 5.10. The molecule has 0 bridgehead atoms. The van der Waals surface area contributed by atoms with Crippen molar-refractivity contribution >= 4 is 11.6 Å². The van der Waals surface area contributed by atoms with Crippen LogP contribution in [0.5, 0.6) is 0 Å². The number of amides is 1. The molecule has 0 aliphatic carbocycles. The predicted molar refractivity (Wildman–Crippen MR) is 71.2 cm³/mol. The van der Waals surface area contributed by atoms with E-state index in [0.717, 1.165) is 30.6 Å². The monoisotopic (exact) mass is 245 g/mol. The molecule has 1 amide bonds. The molecule has 96 valence electrons. The molecule has 4 heteroatoms. The molecule has 1 fully saturated rings. The minimum Gasteiger partial charge on any atom is -0.329 e. The Balaban J connectivity index is 1.93. The van der Waals surface area contributed by atoms with Gasteiger partial charge in [-0.2, -0.15) is 0 Å². The summed E-state index contributed by atoms with van der Waals surface area (Å²) in [5.41, 5.74) is 7.91. The average Bonchev–Trinajstić information content (AvgIpc) is 2.74. The molecule has 3 N–H and O–H groups in total. The highest BCUT2D eigenvalue weighted by molar-refractivity contribution is 6.02. The van der Waals surface area contributed by atoms with Crippen molar-refractivity contribution in [2.24, 2.45) is 5.73 Å². The number of likely N-dealkylation sites (tertiary alicyclic amines) is 1. The van der Waals surface area contributed by atoms with Crippen LogP contribution in [0.4, 0.5) is 5.69 Å². The number of hydrogen-bond acceptors (Lipinski definition) is 3. The molecule has 3 rings (SSSR count). The number of para-hydroxylation sites is 1. The van der Waals surface area contributed by atoms with Crippen LogP contribution in [0.2, 0.25) is 0 Å². The van der Waals surface area contributed by atoms with Crippen LogP contribution in [0, 0.1) is 0 Å². The topological polar surface area (TPSA) is 58.4 Å². The Labute approximate surface area is 107 Å². The standard InChI is InChI=1S/C14H19N3O/c15-9-10-5-3-4-8-17(10)13-11-6-1-2-7-12(11)16-14(13)18/h1-2,6-7,10,13H,3-5,8-9,15H2,(H,16,18). The summed E-state index contributed by atoms with van der Waals surface area (Å²) in [5.74, 6) is 0.0940. The Bertz CT molecular complexity index is 460. The molecule has 2 heterocycles. The average molecular weight is 245 g/mol. The molecule has 0 saturated carbocycles. The molecule has 4 nitrogen and oxygen atoms in total. The summed E-state index contributed by atoms with van der Waals surface area (Å²) in [5, 5.41) is 2.97. The smallest absolute Gasteiger partial charge is 0.246 e. The van der Waals surface area contributed by atoms with Gasteiger partial charge >= 0.3 is 0 Å². The second-order valence-corrected chi connectivity index (χ2v) is 5.10. The number of nitrogens with one attached hydrogen (secondary N) is 1. The lowest BCUT2D eigenvalue weighted by atomic mass is 9.97. The van der Waals surface area contributed by atoms with E-state index in [-0.39, 0.29) is 11.9 Å². The zero-order valence-electron chi connectivity index (χ0n) is 10.4. The normalized spacial score (nSPS) is 27.9. The lowest BCUT2D eigenvalue weighted by Gasteiger charge is -2.38. The summed E-state index contributed by atoms with van der Waals surface area (Å²) in [6, 6.07) is 8.15. The fraction of sp³-hybridized carbons (Fsp3) is 0.500. The fourth-order valence-electron chi connectivity index (χ4n) is 3.14. The number of carbonyl (C=O) groups is 1. The van der Waals surface area contributed by atoms with Gasteiger partial charge in [0.15, 0.2) is 0 Å². The van der Waals surface area contributed by atoms with Gasteiger partial charge in [0.05, 0.1) is 0 Å². The molecule has 0 radical (unpaired) electrons. The van der Waals surface area contributed by atoms with E-state index in [1.165, 1.54) is 6.42 Å². The van der Waals surface area contributed by atoms with Crippen molar-refractivity contribution in [2.75, 3.05) is 18.4 Å². The zero-order valence-corrected chi connectivity index (χ0v) is 10.4. The Kier molecular flexibility index (Phi) is 3.06. The van der Waals surface area contributed by atoms with Crippen molar-refractivity contribution < 1.29 is 4.79 Å². The van der Waals surface area contributed by atoms with E-state index in [9.17, 15) is 4.79 Å². The van der Waals surface area contributed by atoms with Crippen LogP contribution >= 0.6 is 0 Å². The van der Waals surface area contributed by atoms with Crippen LogP contribution in [-0.2, 0) is 4.79 Å². The van der Waals surface area contributed by atoms with Gasteiger partial charge in [-0.25, -0.2) is 0 Å². The summed E-state index contributed by atoms with van der Waals surface area (Å²) in [6.45, 7) is 1.60. The van der Waals surface area contributed by atoms with Crippen molar-refractivity contribution in [1.29, 1.82) is 0 Å². The zero-order chi connectivity index (χ0) is 12.5. The number of rotatable bonds is 2. The van der Waals surface area contributed by atoms with Gasteiger partial charge in [0.1, 0.15) is 6.04 Å². The minimum atomic E-state index is -0.143. The minimum absolute atomic E-state index is 0.0940. The molecular weight excluding hydrogens is 226 g/mol. The van der Waals surface area contributed by atoms with Gasteiger partial charge in [-0.1, -0.05) is 24.6 Å². The summed E-state index contributed by atoms with van der Waals surface area (Å²) in [7, 11) is 0. The Hall–Kier alpha value is -1.39. The van der Waals surface area contributed by atoms with Gasteiger partial charge < -0.3 is 11.1 Å². The maximum Gasteiger partial charge on any atom is 0.246 e. The van der Waals surface area contributed by atoms with Crippen molar-refractivity contribution in [2.45, 2.75) is 31.3 Å². The number of anilines is 1. The van der Waals surface area contributed by atoms with Crippen LogP contribution in [0.1, 0.15) is 30.9 Å². The summed E-state index contributed by atoms with van der Waals surface area (Å²) in [4.78, 5) is 14.5. The highest BCUT2D eigenvalue weighted by Gasteiger charge is 2.38. The summed E-state index contributed by atoms with van der Waals surface area (Å²) in [6.07, 6.45) is 3.47. The maximum absolute atomic E-state index is 12.2. The van der Waals surface area contributed by atoms with Gasteiger partial charge in [0.2, 0.25) is 5.91 Å². The first kappa shape index (κ1) is 11.7. The Morgan fingerprint density at radius 3 is 3.00 bits per heavy atom. The molecule has 1 saturated heterocycles. The first-order chi connectivity index (χ1) is 8.81. The SMILES string of the molecule is NCC1CCCCN1C1C(=O)Nc2ccccc21. The van der Waals surface area contributed by atoms with E-state index in [1.54, 1.807) is 0 Å². The van der Waals surface area contributed by atoms with Crippen LogP contribution < -0.4 is 11.1 Å². The van der Waals surface area contributed by atoms with Gasteiger partial charge in [0.25, 0.3) is 0 Å². The largest absolute Gasteiger partial charge is 0.329 e. The number of nitrogens with zero attached hydrogens (tertiary/aromatic N) is 1. The molecule has 2 atom stereocenters. The number of piperidine rings is 1. The van der Waals surface area contributed by atoms with Crippen LogP contribution in [0.15, 0.2) is 24.3 Å². The quantitative estimate of drug-likeness (QED) is 0.830. The maximum atomic E-state index is 12.2. The third kappa shape index (κ3) is 1.82. The van der Waals surface area contributed by atoms with Crippen LogP contribution in [-0.4, -0.2) is 29.9 Å². The van der Waals surface area contributed by atoms with E-state index < -0.39 is 0 Å².